The Kier molecular flexibility index (Phi) is 5.17. The van der Waals surface area contributed by atoms with Crippen molar-refractivity contribution >= 4 is 16.1 Å². The van der Waals surface area contributed by atoms with Gasteiger partial charge in [-0.3, -0.25) is 9.48 Å². The van der Waals surface area contributed by atoms with Crippen LogP contribution in [0.25, 0.3) is 0 Å². The van der Waals surface area contributed by atoms with Crippen molar-refractivity contribution < 1.29 is 13.2 Å². The molecule has 1 aromatic rings. The van der Waals surface area contributed by atoms with Gasteiger partial charge in [-0.15, -0.1) is 0 Å². The summed E-state index contributed by atoms with van der Waals surface area (Å²) < 4.78 is 29.6. The molecule has 140 valence electrons. The molecule has 4 heterocycles. The monoisotopic (exact) mass is 369 g/mol. The minimum absolute atomic E-state index is 0.0281. The highest BCUT2D eigenvalue weighted by Gasteiger charge is 2.41. The molecule has 3 aliphatic heterocycles. The van der Waals surface area contributed by atoms with Gasteiger partial charge in [0, 0.05) is 64.6 Å². The molecule has 1 amide bonds. The first-order chi connectivity index (χ1) is 11.8. The van der Waals surface area contributed by atoms with Gasteiger partial charge < -0.3 is 4.90 Å². The number of piperidine rings is 1. The number of hydrogen-bond donors (Lipinski definition) is 0. The molecule has 2 bridgehead atoms. The lowest BCUT2D eigenvalue weighted by Gasteiger charge is -2.36. The van der Waals surface area contributed by atoms with Gasteiger partial charge in [-0.1, -0.05) is 0 Å². The van der Waals surface area contributed by atoms with Crippen LogP contribution in [-0.2, 0) is 21.5 Å². The van der Waals surface area contributed by atoms with Crippen molar-refractivity contribution in [2.75, 3.05) is 33.7 Å². The van der Waals surface area contributed by atoms with Gasteiger partial charge in [0.2, 0.25) is 5.91 Å². The summed E-state index contributed by atoms with van der Waals surface area (Å²) >= 11 is 0. The molecule has 0 radical (unpaired) electrons. The molecule has 0 aliphatic carbocycles. The van der Waals surface area contributed by atoms with Gasteiger partial charge in [0.15, 0.2) is 0 Å². The van der Waals surface area contributed by atoms with E-state index in [4.69, 9.17) is 0 Å². The lowest BCUT2D eigenvalue weighted by molar-refractivity contribution is -0.135. The summed E-state index contributed by atoms with van der Waals surface area (Å²) in [5.41, 5.74) is 1.04. The van der Waals surface area contributed by atoms with Crippen molar-refractivity contribution in [3.05, 3.63) is 18.0 Å². The van der Waals surface area contributed by atoms with Gasteiger partial charge >= 0.3 is 0 Å². The Bertz CT molecular complexity index is 730. The second kappa shape index (κ2) is 7.05. The average Bonchev–Trinajstić information content (AvgIpc) is 2.78. The third kappa shape index (κ3) is 3.73. The van der Waals surface area contributed by atoms with E-state index in [0.717, 1.165) is 18.5 Å². The number of amides is 1. The highest BCUT2D eigenvalue weighted by molar-refractivity contribution is 7.86. The molecule has 0 aromatic carbocycles. The molecule has 25 heavy (non-hydrogen) atoms. The first-order valence-corrected chi connectivity index (χ1v) is 10.1. The number of nitrogens with zero attached hydrogens (tertiary/aromatic N) is 5. The lowest BCUT2D eigenvalue weighted by Crippen LogP contribution is -2.48. The maximum atomic E-state index is 12.7. The zero-order valence-corrected chi connectivity index (χ0v) is 15.9. The summed E-state index contributed by atoms with van der Waals surface area (Å²) in [6.07, 6.45) is 3.98. The Balaban J connectivity index is 1.68. The quantitative estimate of drug-likeness (QED) is 0.748. The van der Waals surface area contributed by atoms with E-state index in [1.807, 2.05) is 22.6 Å². The highest BCUT2D eigenvalue weighted by Crippen LogP contribution is 2.30. The zero-order chi connectivity index (χ0) is 18.2. The normalized spacial score (nSPS) is 24.7. The van der Waals surface area contributed by atoms with Gasteiger partial charge in [0.05, 0.1) is 0 Å². The second-order valence-electron chi connectivity index (χ2n) is 7.20. The van der Waals surface area contributed by atoms with Crippen LogP contribution in [0.2, 0.25) is 0 Å². The van der Waals surface area contributed by atoms with Crippen LogP contribution >= 0.6 is 0 Å². The zero-order valence-electron chi connectivity index (χ0n) is 15.1. The summed E-state index contributed by atoms with van der Waals surface area (Å²) in [5, 5.41) is 4.22. The fourth-order valence-electron chi connectivity index (χ4n) is 3.74. The van der Waals surface area contributed by atoms with Crippen LogP contribution in [0.5, 0.6) is 0 Å². The van der Waals surface area contributed by atoms with Crippen LogP contribution in [0.1, 0.15) is 25.0 Å². The van der Waals surface area contributed by atoms with E-state index in [0.29, 0.717) is 32.6 Å². The van der Waals surface area contributed by atoms with E-state index >= 15 is 0 Å². The Morgan fingerprint density at radius 2 is 2.04 bits per heavy atom. The molecule has 1 aromatic heterocycles. The SMILES string of the molecule is Cc1ccnn1CCC(=O)N1CC2CCC1CN(S(=O)(=O)N(C)C)C2. The van der Waals surface area contributed by atoms with Crippen molar-refractivity contribution in [1.29, 1.82) is 0 Å². The maximum absolute atomic E-state index is 12.7. The largest absolute Gasteiger partial charge is 0.338 e. The number of aryl methyl sites for hydroxylation is 2. The van der Waals surface area contributed by atoms with Crippen LogP contribution < -0.4 is 0 Å². The lowest BCUT2D eigenvalue weighted by atomic mass is 9.95. The first-order valence-electron chi connectivity index (χ1n) is 8.74. The Morgan fingerprint density at radius 1 is 1.28 bits per heavy atom. The molecule has 9 heteroatoms. The molecule has 4 rings (SSSR count). The minimum Gasteiger partial charge on any atom is -0.338 e. The predicted molar refractivity (Wildman–Crippen MR) is 94.0 cm³/mol. The van der Waals surface area contributed by atoms with E-state index in [1.165, 1.54) is 4.31 Å². The van der Waals surface area contributed by atoms with Crippen molar-refractivity contribution in [2.24, 2.45) is 5.92 Å². The molecule has 3 saturated heterocycles. The Labute approximate surface area is 149 Å². The van der Waals surface area contributed by atoms with Crippen molar-refractivity contribution in [1.82, 2.24) is 23.3 Å². The van der Waals surface area contributed by atoms with E-state index in [1.54, 1.807) is 24.6 Å². The molecule has 3 aliphatic rings. The van der Waals surface area contributed by atoms with Gasteiger partial charge in [-0.05, 0) is 31.7 Å². The number of rotatable bonds is 5. The molecule has 0 saturated carbocycles. The topological polar surface area (TPSA) is 78.8 Å². The highest BCUT2D eigenvalue weighted by atomic mass is 32.2. The minimum atomic E-state index is -3.44. The summed E-state index contributed by atoms with van der Waals surface area (Å²) in [4.78, 5) is 14.6. The molecule has 8 nitrogen and oxygen atoms in total. The van der Waals surface area contributed by atoms with Crippen LogP contribution in [0.4, 0.5) is 0 Å². The van der Waals surface area contributed by atoms with Gasteiger partial charge in [-0.25, -0.2) is 0 Å². The number of aromatic nitrogens is 2. The number of fused-ring (bicyclic) bond motifs is 4. The van der Waals surface area contributed by atoms with Crippen molar-refractivity contribution in [2.45, 2.75) is 38.8 Å². The van der Waals surface area contributed by atoms with Crippen LogP contribution in [0.15, 0.2) is 12.3 Å². The molecule has 2 atom stereocenters. The number of hydrogen-bond acceptors (Lipinski definition) is 4. The maximum Gasteiger partial charge on any atom is 0.281 e. The van der Waals surface area contributed by atoms with E-state index < -0.39 is 10.2 Å². The van der Waals surface area contributed by atoms with Crippen LogP contribution in [0.3, 0.4) is 0 Å². The van der Waals surface area contributed by atoms with E-state index in [9.17, 15) is 13.2 Å². The summed E-state index contributed by atoms with van der Waals surface area (Å²) in [6, 6.07) is 1.89. The van der Waals surface area contributed by atoms with Crippen LogP contribution in [0, 0.1) is 12.8 Å². The second-order valence-corrected chi connectivity index (χ2v) is 9.34. The molecule has 0 N–H and O–H groups in total. The third-order valence-corrected chi connectivity index (χ3v) is 7.13. The molecule has 2 unspecified atom stereocenters. The predicted octanol–water partition coefficient (Wildman–Crippen LogP) is 0.311. The Hall–Kier alpha value is -1.45. The van der Waals surface area contributed by atoms with E-state index in [2.05, 4.69) is 5.10 Å². The van der Waals surface area contributed by atoms with Crippen molar-refractivity contribution in [3.8, 4) is 0 Å². The summed E-state index contributed by atoms with van der Waals surface area (Å²) in [6.45, 7) is 4.07. The number of carbonyl (C=O) groups is 1. The Morgan fingerprint density at radius 3 is 2.68 bits per heavy atom. The fraction of sp³-hybridized carbons (Fsp3) is 0.750. The smallest absolute Gasteiger partial charge is 0.281 e. The van der Waals surface area contributed by atoms with Gasteiger partial charge in [0.1, 0.15) is 0 Å². The number of carbonyl (C=O) groups excluding carboxylic acids is 1. The summed E-state index contributed by atoms with van der Waals surface area (Å²) in [7, 11) is -0.331. The molecular weight excluding hydrogens is 342 g/mol. The average molecular weight is 369 g/mol. The van der Waals surface area contributed by atoms with Gasteiger partial charge in [-0.2, -0.15) is 22.1 Å². The first kappa shape index (κ1) is 18.3. The van der Waals surface area contributed by atoms with Gasteiger partial charge in [0.25, 0.3) is 10.2 Å². The van der Waals surface area contributed by atoms with E-state index in [-0.39, 0.29) is 17.9 Å². The van der Waals surface area contributed by atoms with Crippen molar-refractivity contribution in [3.63, 3.8) is 0 Å². The molecular formula is C16H27N5O3S. The standard InChI is InChI=1S/C16H27N5O3S/c1-13-6-8-17-21(13)9-7-16(22)20-11-14-4-5-15(20)12-19(10-14)25(23,24)18(2)3/h6,8,14-15H,4-5,7,9-12H2,1-3H3. The third-order valence-electron chi connectivity index (χ3n) is 5.25. The molecule has 3 fully saturated rings. The fourth-order valence-corrected chi connectivity index (χ4v) is 4.96. The summed E-state index contributed by atoms with van der Waals surface area (Å²) in [5.74, 6) is 0.303. The van der Waals surface area contributed by atoms with Crippen LogP contribution in [-0.4, -0.2) is 77.4 Å². The molecule has 0 spiro atoms.